The predicted molar refractivity (Wildman–Crippen MR) is 88.7 cm³/mol. The number of amides is 1. The number of fused-ring (bicyclic) bond motifs is 1. The largest absolute Gasteiger partial charge is 0.497 e. The first-order valence-corrected chi connectivity index (χ1v) is 7.21. The van der Waals surface area contributed by atoms with Gasteiger partial charge in [0.05, 0.1) is 19.9 Å². The summed E-state index contributed by atoms with van der Waals surface area (Å²) in [5, 5.41) is 4.02. The van der Waals surface area contributed by atoms with Gasteiger partial charge in [0.15, 0.2) is 5.76 Å². The number of furan rings is 1. The molecular formula is C17H14ClNO4. The Morgan fingerprint density at radius 1 is 1.09 bits per heavy atom. The molecular weight excluding hydrogens is 318 g/mol. The minimum Gasteiger partial charge on any atom is -0.497 e. The van der Waals surface area contributed by atoms with Crippen LogP contribution in [-0.2, 0) is 0 Å². The van der Waals surface area contributed by atoms with Crippen LogP contribution in [0.25, 0.3) is 11.0 Å². The molecule has 0 aliphatic rings. The van der Waals surface area contributed by atoms with E-state index in [0.29, 0.717) is 27.8 Å². The van der Waals surface area contributed by atoms with Gasteiger partial charge in [-0.2, -0.15) is 0 Å². The summed E-state index contributed by atoms with van der Waals surface area (Å²) in [6.45, 7) is 0. The van der Waals surface area contributed by atoms with Crippen molar-refractivity contribution in [3.63, 3.8) is 0 Å². The number of hydrogen-bond donors (Lipinski definition) is 1. The van der Waals surface area contributed by atoms with Crippen molar-refractivity contribution in [3.8, 4) is 11.5 Å². The number of anilines is 1. The van der Waals surface area contributed by atoms with Crippen molar-refractivity contribution in [2.24, 2.45) is 0 Å². The number of hydrogen-bond acceptors (Lipinski definition) is 4. The third-order valence-corrected chi connectivity index (χ3v) is 3.59. The number of methoxy groups -OCH3 is 2. The average molecular weight is 332 g/mol. The van der Waals surface area contributed by atoms with Gasteiger partial charge in [-0.25, -0.2) is 0 Å². The van der Waals surface area contributed by atoms with E-state index < -0.39 is 0 Å². The molecule has 0 unspecified atom stereocenters. The fourth-order valence-electron chi connectivity index (χ4n) is 2.22. The number of carbonyl (C=O) groups is 1. The van der Waals surface area contributed by atoms with Gasteiger partial charge in [-0.1, -0.05) is 11.6 Å². The van der Waals surface area contributed by atoms with E-state index in [1.54, 1.807) is 49.6 Å². The number of nitrogens with one attached hydrogen (secondary N) is 1. The Bertz CT molecular complexity index is 872. The fraction of sp³-hybridized carbons (Fsp3) is 0.118. The van der Waals surface area contributed by atoms with Gasteiger partial charge in [-0.3, -0.25) is 4.79 Å². The van der Waals surface area contributed by atoms with Crippen LogP contribution < -0.4 is 14.8 Å². The Morgan fingerprint density at radius 3 is 2.65 bits per heavy atom. The molecule has 1 amide bonds. The van der Waals surface area contributed by atoms with Crippen molar-refractivity contribution in [1.82, 2.24) is 0 Å². The van der Waals surface area contributed by atoms with Crippen molar-refractivity contribution in [2.45, 2.75) is 0 Å². The summed E-state index contributed by atoms with van der Waals surface area (Å²) in [4.78, 5) is 12.4. The highest BCUT2D eigenvalue weighted by Crippen LogP contribution is 2.29. The molecule has 2 aromatic carbocycles. The number of ether oxygens (including phenoxy) is 2. The van der Waals surface area contributed by atoms with Gasteiger partial charge < -0.3 is 19.2 Å². The minimum absolute atomic E-state index is 0.190. The van der Waals surface area contributed by atoms with E-state index in [4.69, 9.17) is 25.5 Å². The highest BCUT2D eigenvalue weighted by atomic mass is 35.5. The molecule has 0 bridgehead atoms. The molecule has 0 radical (unpaired) electrons. The van der Waals surface area contributed by atoms with Crippen LogP contribution in [0.15, 0.2) is 46.9 Å². The van der Waals surface area contributed by atoms with E-state index in [0.717, 1.165) is 5.39 Å². The molecule has 1 N–H and O–H groups in total. The van der Waals surface area contributed by atoms with Gasteiger partial charge in [-0.15, -0.1) is 0 Å². The molecule has 0 aliphatic heterocycles. The van der Waals surface area contributed by atoms with E-state index in [9.17, 15) is 4.79 Å². The first-order valence-electron chi connectivity index (χ1n) is 6.83. The zero-order valence-electron chi connectivity index (χ0n) is 12.6. The topological polar surface area (TPSA) is 60.7 Å². The molecule has 0 spiro atoms. The molecule has 6 heteroatoms. The maximum Gasteiger partial charge on any atom is 0.291 e. The van der Waals surface area contributed by atoms with Crippen molar-refractivity contribution in [2.75, 3.05) is 19.5 Å². The molecule has 0 saturated carbocycles. The van der Waals surface area contributed by atoms with E-state index in [1.807, 2.05) is 0 Å². The maximum atomic E-state index is 12.4. The van der Waals surface area contributed by atoms with Crippen molar-refractivity contribution < 1.29 is 18.7 Å². The average Bonchev–Trinajstić information content (AvgIpc) is 2.98. The highest BCUT2D eigenvalue weighted by Gasteiger charge is 2.15. The number of benzene rings is 2. The first-order chi connectivity index (χ1) is 11.1. The van der Waals surface area contributed by atoms with Crippen LogP contribution in [0.1, 0.15) is 10.6 Å². The Balaban J connectivity index is 1.90. The second-order valence-electron chi connectivity index (χ2n) is 4.81. The Kier molecular flexibility index (Phi) is 4.12. The lowest BCUT2D eigenvalue weighted by atomic mass is 10.2. The summed E-state index contributed by atoms with van der Waals surface area (Å²) < 4.78 is 15.9. The molecule has 0 fully saturated rings. The van der Waals surface area contributed by atoms with Gasteiger partial charge in [0.25, 0.3) is 5.91 Å². The quantitative estimate of drug-likeness (QED) is 0.771. The van der Waals surface area contributed by atoms with Crippen LogP contribution in [0.3, 0.4) is 0 Å². The monoisotopic (exact) mass is 331 g/mol. The van der Waals surface area contributed by atoms with Crippen LogP contribution in [0, 0.1) is 0 Å². The molecule has 3 rings (SSSR count). The lowest BCUT2D eigenvalue weighted by Crippen LogP contribution is -2.11. The van der Waals surface area contributed by atoms with Gasteiger partial charge in [-0.05, 0) is 42.5 Å². The van der Waals surface area contributed by atoms with E-state index in [-0.39, 0.29) is 11.7 Å². The summed E-state index contributed by atoms with van der Waals surface area (Å²) in [7, 11) is 3.10. The number of rotatable bonds is 4. The normalized spacial score (nSPS) is 10.6. The zero-order valence-corrected chi connectivity index (χ0v) is 13.3. The molecule has 1 aromatic heterocycles. The van der Waals surface area contributed by atoms with Gasteiger partial charge in [0.2, 0.25) is 0 Å². The summed E-state index contributed by atoms with van der Waals surface area (Å²) in [5.41, 5.74) is 1.08. The fourth-order valence-corrected chi connectivity index (χ4v) is 2.39. The van der Waals surface area contributed by atoms with Crippen LogP contribution in [0.5, 0.6) is 11.5 Å². The predicted octanol–water partition coefficient (Wildman–Crippen LogP) is 4.36. The van der Waals surface area contributed by atoms with Crippen molar-refractivity contribution in [1.29, 1.82) is 0 Å². The minimum atomic E-state index is -0.388. The lowest BCUT2D eigenvalue weighted by molar-refractivity contribution is 0.0998. The lowest BCUT2D eigenvalue weighted by Gasteiger charge is -2.09. The standard InChI is InChI=1S/C17H14ClNO4/c1-21-12-4-6-14-10(7-12)8-16(23-14)17(20)19-13-9-11(18)3-5-15(13)22-2/h3-9H,1-2H3,(H,19,20). The van der Waals surface area contributed by atoms with E-state index in [2.05, 4.69) is 5.32 Å². The van der Waals surface area contributed by atoms with Crippen LogP contribution in [-0.4, -0.2) is 20.1 Å². The second kappa shape index (κ2) is 6.22. The summed E-state index contributed by atoms with van der Waals surface area (Å²) in [6.07, 6.45) is 0. The third-order valence-electron chi connectivity index (χ3n) is 3.36. The SMILES string of the molecule is COc1ccc2oc(C(=O)Nc3cc(Cl)ccc3OC)cc2c1. The Hall–Kier alpha value is -2.66. The van der Waals surface area contributed by atoms with Gasteiger partial charge in [0.1, 0.15) is 17.1 Å². The molecule has 0 aliphatic carbocycles. The maximum absolute atomic E-state index is 12.4. The zero-order chi connectivity index (χ0) is 16.4. The van der Waals surface area contributed by atoms with Crippen LogP contribution in [0.2, 0.25) is 5.02 Å². The van der Waals surface area contributed by atoms with E-state index >= 15 is 0 Å². The third kappa shape index (κ3) is 3.10. The van der Waals surface area contributed by atoms with Gasteiger partial charge >= 0.3 is 0 Å². The second-order valence-corrected chi connectivity index (χ2v) is 5.25. The molecule has 23 heavy (non-hydrogen) atoms. The number of carbonyl (C=O) groups excluding carboxylic acids is 1. The Morgan fingerprint density at radius 2 is 1.91 bits per heavy atom. The summed E-state index contributed by atoms with van der Waals surface area (Å²) in [6, 6.07) is 12.0. The summed E-state index contributed by atoms with van der Waals surface area (Å²) >= 11 is 5.96. The van der Waals surface area contributed by atoms with Crippen molar-refractivity contribution >= 4 is 34.2 Å². The molecule has 1 heterocycles. The Labute approximate surface area is 137 Å². The first kappa shape index (κ1) is 15.2. The molecule has 0 atom stereocenters. The molecule has 5 nitrogen and oxygen atoms in total. The highest BCUT2D eigenvalue weighted by molar-refractivity contribution is 6.31. The number of halogens is 1. The van der Waals surface area contributed by atoms with E-state index in [1.165, 1.54) is 7.11 Å². The smallest absolute Gasteiger partial charge is 0.291 e. The molecule has 0 saturated heterocycles. The van der Waals surface area contributed by atoms with Crippen molar-refractivity contribution in [3.05, 3.63) is 53.2 Å². The van der Waals surface area contributed by atoms with Gasteiger partial charge in [0, 0.05) is 10.4 Å². The molecule has 118 valence electrons. The molecule has 3 aromatic rings. The van der Waals surface area contributed by atoms with Crippen LogP contribution >= 0.6 is 11.6 Å². The summed E-state index contributed by atoms with van der Waals surface area (Å²) in [5.74, 6) is 1.01. The van der Waals surface area contributed by atoms with Crippen LogP contribution in [0.4, 0.5) is 5.69 Å².